The molecule has 0 bridgehead atoms. The standard InChI is InChI=1S/C14H20N6.HI/c1-11-5-4-7-19(10-11)14(15)16-9-13-18-17-12-6-2-3-8-20(12)13;/h2-3,6,8,11H,4-5,7,9-10H2,1H3,(H2,15,16);1H. The second-order valence-corrected chi connectivity index (χ2v) is 5.41. The van der Waals surface area contributed by atoms with E-state index in [-0.39, 0.29) is 24.0 Å². The lowest BCUT2D eigenvalue weighted by Crippen LogP contribution is -2.43. The van der Waals surface area contributed by atoms with Gasteiger partial charge in [0.15, 0.2) is 17.4 Å². The lowest BCUT2D eigenvalue weighted by Gasteiger charge is -2.31. The van der Waals surface area contributed by atoms with Crippen LogP contribution in [0, 0.1) is 5.92 Å². The number of fused-ring (bicyclic) bond motifs is 1. The Morgan fingerprint density at radius 1 is 1.43 bits per heavy atom. The van der Waals surface area contributed by atoms with E-state index in [2.05, 4.69) is 27.0 Å². The number of guanidine groups is 1. The van der Waals surface area contributed by atoms with Crippen molar-refractivity contribution in [3.05, 3.63) is 30.2 Å². The van der Waals surface area contributed by atoms with Crippen LogP contribution < -0.4 is 5.73 Å². The van der Waals surface area contributed by atoms with E-state index in [9.17, 15) is 0 Å². The molecule has 3 rings (SSSR count). The van der Waals surface area contributed by atoms with Crippen molar-refractivity contribution in [1.29, 1.82) is 0 Å². The summed E-state index contributed by atoms with van der Waals surface area (Å²) in [5, 5.41) is 8.27. The van der Waals surface area contributed by atoms with Crippen molar-refractivity contribution < 1.29 is 0 Å². The molecule has 6 nitrogen and oxygen atoms in total. The Bertz CT molecular complexity index is 623. The molecule has 0 saturated carbocycles. The first-order valence-corrected chi connectivity index (χ1v) is 7.07. The molecule has 0 aliphatic carbocycles. The maximum Gasteiger partial charge on any atom is 0.191 e. The van der Waals surface area contributed by atoms with Crippen LogP contribution in [0.5, 0.6) is 0 Å². The molecule has 1 fully saturated rings. The molecule has 1 aliphatic rings. The molecular weight excluding hydrogens is 379 g/mol. The molecule has 114 valence electrons. The van der Waals surface area contributed by atoms with E-state index in [1.54, 1.807) is 0 Å². The van der Waals surface area contributed by atoms with Crippen LogP contribution in [0.25, 0.3) is 5.65 Å². The zero-order valence-electron chi connectivity index (χ0n) is 12.1. The van der Waals surface area contributed by atoms with Gasteiger partial charge in [0, 0.05) is 19.3 Å². The van der Waals surface area contributed by atoms with Gasteiger partial charge in [-0.3, -0.25) is 4.40 Å². The number of rotatable bonds is 2. The van der Waals surface area contributed by atoms with E-state index in [1.807, 2.05) is 28.8 Å². The lowest BCUT2D eigenvalue weighted by molar-refractivity contribution is 0.270. The molecule has 2 N–H and O–H groups in total. The molecule has 0 radical (unpaired) electrons. The van der Waals surface area contributed by atoms with Crippen molar-refractivity contribution in [3.8, 4) is 0 Å². The van der Waals surface area contributed by atoms with E-state index in [4.69, 9.17) is 5.73 Å². The highest BCUT2D eigenvalue weighted by molar-refractivity contribution is 14.0. The summed E-state index contributed by atoms with van der Waals surface area (Å²) < 4.78 is 1.94. The number of nitrogens with two attached hydrogens (primary N) is 1. The molecule has 0 aromatic carbocycles. The minimum Gasteiger partial charge on any atom is -0.370 e. The van der Waals surface area contributed by atoms with E-state index >= 15 is 0 Å². The van der Waals surface area contributed by atoms with Crippen molar-refractivity contribution in [2.75, 3.05) is 13.1 Å². The maximum absolute atomic E-state index is 6.09. The summed E-state index contributed by atoms with van der Waals surface area (Å²) in [4.78, 5) is 6.64. The number of aliphatic imine (C=N–C) groups is 1. The first kappa shape index (κ1) is 16.0. The van der Waals surface area contributed by atoms with Crippen LogP contribution in [0.15, 0.2) is 29.4 Å². The Morgan fingerprint density at radius 2 is 2.29 bits per heavy atom. The van der Waals surface area contributed by atoms with Gasteiger partial charge in [-0.15, -0.1) is 34.2 Å². The van der Waals surface area contributed by atoms with E-state index in [0.29, 0.717) is 18.4 Å². The minimum absolute atomic E-state index is 0. The summed E-state index contributed by atoms with van der Waals surface area (Å²) in [7, 11) is 0. The van der Waals surface area contributed by atoms with E-state index < -0.39 is 0 Å². The molecule has 1 saturated heterocycles. The highest BCUT2D eigenvalue weighted by atomic mass is 127. The van der Waals surface area contributed by atoms with Crippen LogP contribution in [0.1, 0.15) is 25.6 Å². The van der Waals surface area contributed by atoms with Crippen LogP contribution in [0.4, 0.5) is 0 Å². The Balaban J connectivity index is 0.00000161. The second-order valence-electron chi connectivity index (χ2n) is 5.41. The molecule has 1 unspecified atom stereocenters. The highest BCUT2D eigenvalue weighted by Gasteiger charge is 2.17. The van der Waals surface area contributed by atoms with Gasteiger partial charge in [0.1, 0.15) is 6.54 Å². The molecule has 1 atom stereocenters. The predicted molar refractivity (Wildman–Crippen MR) is 93.7 cm³/mol. The predicted octanol–water partition coefficient (Wildman–Crippen LogP) is 1.89. The van der Waals surface area contributed by atoms with Gasteiger partial charge < -0.3 is 10.6 Å². The second kappa shape index (κ2) is 7.06. The fourth-order valence-corrected chi connectivity index (χ4v) is 2.65. The fraction of sp³-hybridized carbons (Fsp3) is 0.500. The van der Waals surface area contributed by atoms with Crippen molar-refractivity contribution in [3.63, 3.8) is 0 Å². The molecule has 0 spiro atoms. The van der Waals surface area contributed by atoms with Gasteiger partial charge in [0.2, 0.25) is 0 Å². The average Bonchev–Trinajstić information content (AvgIpc) is 2.88. The van der Waals surface area contributed by atoms with E-state index in [1.165, 1.54) is 12.8 Å². The summed E-state index contributed by atoms with van der Waals surface area (Å²) in [5.74, 6) is 2.12. The fourth-order valence-electron chi connectivity index (χ4n) is 2.65. The van der Waals surface area contributed by atoms with Crippen LogP contribution in [0.2, 0.25) is 0 Å². The maximum atomic E-state index is 6.09. The Labute approximate surface area is 141 Å². The van der Waals surface area contributed by atoms with Crippen LogP contribution in [-0.4, -0.2) is 38.5 Å². The highest BCUT2D eigenvalue weighted by Crippen LogP contribution is 2.15. The zero-order valence-corrected chi connectivity index (χ0v) is 14.5. The SMILES string of the molecule is CC1CCCN(C(N)=NCc2nnc3ccccn23)C1.I. The zero-order chi connectivity index (χ0) is 13.9. The smallest absolute Gasteiger partial charge is 0.191 e. The number of aromatic nitrogens is 3. The Hall–Kier alpha value is -1.38. The molecule has 2 aromatic heterocycles. The number of nitrogens with zero attached hydrogens (tertiary/aromatic N) is 5. The first-order valence-electron chi connectivity index (χ1n) is 7.07. The van der Waals surface area contributed by atoms with Crippen molar-refractivity contribution in [2.45, 2.75) is 26.3 Å². The quantitative estimate of drug-likeness (QED) is 0.475. The number of piperidine rings is 1. The van der Waals surface area contributed by atoms with Crippen molar-refractivity contribution in [2.24, 2.45) is 16.6 Å². The molecule has 3 heterocycles. The minimum atomic E-state index is 0. The third-order valence-corrected chi connectivity index (χ3v) is 3.75. The molecule has 1 aliphatic heterocycles. The number of likely N-dealkylation sites (tertiary alicyclic amines) is 1. The van der Waals surface area contributed by atoms with Gasteiger partial charge in [0.05, 0.1) is 0 Å². The average molecular weight is 400 g/mol. The first-order chi connectivity index (χ1) is 9.74. The van der Waals surface area contributed by atoms with Gasteiger partial charge in [-0.05, 0) is 30.9 Å². The van der Waals surface area contributed by atoms with Gasteiger partial charge in [0.25, 0.3) is 0 Å². The molecule has 21 heavy (non-hydrogen) atoms. The van der Waals surface area contributed by atoms with Crippen LogP contribution in [0.3, 0.4) is 0 Å². The molecular formula is C14H21IN6. The topological polar surface area (TPSA) is 71.8 Å². The Morgan fingerprint density at radius 3 is 3.10 bits per heavy atom. The van der Waals surface area contributed by atoms with Gasteiger partial charge in [-0.25, -0.2) is 4.99 Å². The summed E-state index contributed by atoms with van der Waals surface area (Å²) in [5.41, 5.74) is 6.93. The summed E-state index contributed by atoms with van der Waals surface area (Å²) in [6.07, 6.45) is 4.41. The van der Waals surface area contributed by atoms with Gasteiger partial charge >= 0.3 is 0 Å². The third kappa shape index (κ3) is 3.63. The number of halogens is 1. The van der Waals surface area contributed by atoms with Gasteiger partial charge in [-0.1, -0.05) is 13.0 Å². The normalized spacial score (nSPS) is 19.6. The number of pyridine rings is 1. The third-order valence-electron chi connectivity index (χ3n) is 3.75. The van der Waals surface area contributed by atoms with Crippen LogP contribution in [-0.2, 0) is 6.54 Å². The lowest BCUT2D eigenvalue weighted by atomic mass is 10.0. The van der Waals surface area contributed by atoms with Crippen molar-refractivity contribution in [1.82, 2.24) is 19.5 Å². The number of hydrogen-bond donors (Lipinski definition) is 1. The molecule has 7 heteroatoms. The summed E-state index contributed by atoms with van der Waals surface area (Å²) in [6, 6.07) is 5.83. The van der Waals surface area contributed by atoms with Gasteiger partial charge in [-0.2, -0.15) is 0 Å². The van der Waals surface area contributed by atoms with Crippen molar-refractivity contribution >= 4 is 35.6 Å². The monoisotopic (exact) mass is 400 g/mol. The Kier molecular flexibility index (Phi) is 5.38. The molecule has 2 aromatic rings. The number of hydrogen-bond acceptors (Lipinski definition) is 3. The molecule has 0 amide bonds. The summed E-state index contributed by atoms with van der Waals surface area (Å²) in [6.45, 7) is 4.71. The summed E-state index contributed by atoms with van der Waals surface area (Å²) >= 11 is 0. The van der Waals surface area contributed by atoms with Crippen LogP contribution >= 0.6 is 24.0 Å². The van der Waals surface area contributed by atoms with E-state index in [0.717, 1.165) is 24.6 Å². The largest absolute Gasteiger partial charge is 0.370 e.